The van der Waals surface area contributed by atoms with Crippen LogP contribution < -0.4 is 15.3 Å². The van der Waals surface area contributed by atoms with Gasteiger partial charge in [-0.2, -0.15) is 0 Å². The number of hydrogen-bond donors (Lipinski definition) is 0. The number of ether oxygens (including phenoxy) is 3. The highest BCUT2D eigenvalue weighted by atomic mass is 35.5. The van der Waals surface area contributed by atoms with Gasteiger partial charge >= 0.3 is 17.6 Å². The van der Waals surface area contributed by atoms with Crippen LogP contribution >= 0.6 is 23.2 Å². The molecule has 0 fully saturated rings. The second kappa shape index (κ2) is 12.7. The summed E-state index contributed by atoms with van der Waals surface area (Å²) in [7, 11) is 3.02. The Bertz CT molecular complexity index is 1830. The van der Waals surface area contributed by atoms with Crippen LogP contribution in [0.2, 0.25) is 10.0 Å². The van der Waals surface area contributed by atoms with E-state index in [1.807, 2.05) is 0 Å². The second-order valence-corrected chi connectivity index (χ2v) is 10.3. The van der Waals surface area contributed by atoms with Gasteiger partial charge in [0, 0.05) is 51.3 Å². The Morgan fingerprint density at radius 1 is 0.953 bits per heavy atom. The molecule has 1 aliphatic rings. The third-order valence-electron chi connectivity index (χ3n) is 6.69. The van der Waals surface area contributed by atoms with Crippen molar-refractivity contribution >= 4 is 63.4 Å². The van der Waals surface area contributed by atoms with Gasteiger partial charge in [-0.3, -0.25) is 14.4 Å². The molecular weight excluding hydrogens is 599 g/mol. The van der Waals surface area contributed by atoms with E-state index in [1.54, 1.807) is 60.7 Å². The van der Waals surface area contributed by atoms with E-state index in [-0.39, 0.29) is 25.0 Å². The molecule has 220 valence electrons. The van der Waals surface area contributed by atoms with Crippen molar-refractivity contribution in [3.63, 3.8) is 0 Å². The molecule has 43 heavy (non-hydrogen) atoms. The van der Waals surface area contributed by atoms with E-state index in [4.69, 9.17) is 41.8 Å². The number of halogens is 2. The molecule has 1 aliphatic heterocycles. The predicted molar refractivity (Wildman–Crippen MR) is 160 cm³/mol. The fourth-order valence-electron chi connectivity index (χ4n) is 4.54. The summed E-state index contributed by atoms with van der Waals surface area (Å²) in [5, 5.41) is 1.36. The third-order valence-corrected chi connectivity index (χ3v) is 7.26. The van der Waals surface area contributed by atoms with Gasteiger partial charge in [0.1, 0.15) is 17.9 Å². The number of hydrogen-bond acceptors (Lipinski definition) is 9. The van der Waals surface area contributed by atoms with Crippen LogP contribution in [0.4, 0.5) is 5.69 Å². The lowest BCUT2D eigenvalue weighted by Gasteiger charge is -2.20. The minimum Gasteiger partial charge on any atom is -0.497 e. The maximum Gasteiger partial charge on any atom is 0.336 e. The first-order valence-electron chi connectivity index (χ1n) is 13.0. The van der Waals surface area contributed by atoms with Crippen molar-refractivity contribution in [2.45, 2.75) is 25.7 Å². The van der Waals surface area contributed by atoms with Gasteiger partial charge in [-0.25, -0.2) is 9.79 Å². The smallest absolute Gasteiger partial charge is 0.336 e. The van der Waals surface area contributed by atoms with Crippen LogP contribution in [0.15, 0.2) is 80.9 Å². The van der Waals surface area contributed by atoms with Crippen molar-refractivity contribution < 1.29 is 33.0 Å². The van der Waals surface area contributed by atoms with Gasteiger partial charge in [0.25, 0.3) is 12.1 Å². The average molecular weight is 623 g/mol. The molecule has 5 rings (SSSR count). The van der Waals surface area contributed by atoms with Crippen LogP contribution in [-0.4, -0.2) is 43.9 Å². The van der Waals surface area contributed by atoms with Gasteiger partial charge in [-0.1, -0.05) is 41.4 Å². The fourth-order valence-corrected chi connectivity index (χ4v) is 4.93. The molecule has 1 aromatic heterocycles. The van der Waals surface area contributed by atoms with Gasteiger partial charge in [0.05, 0.1) is 31.4 Å². The minimum absolute atomic E-state index is 0.222. The zero-order chi connectivity index (χ0) is 30.7. The van der Waals surface area contributed by atoms with Crippen LogP contribution in [0, 0.1) is 0 Å². The summed E-state index contributed by atoms with van der Waals surface area (Å²) in [5.74, 6) is -1.66. The van der Waals surface area contributed by atoms with Gasteiger partial charge < -0.3 is 23.5 Å². The molecule has 0 saturated heterocycles. The SMILES string of the molecule is COc1ccc2c(COC(=O)CCC(=O)OC3N=C(c4ccccc4Cl)c4cc(Cl)ccc4N(C)C3=O)cc(=O)oc2c1. The second-order valence-electron chi connectivity index (χ2n) is 9.47. The number of rotatable bonds is 8. The molecule has 0 N–H and O–H groups in total. The summed E-state index contributed by atoms with van der Waals surface area (Å²) >= 11 is 12.7. The number of methoxy groups -OCH3 is 1. The van der Waals surface area contributed by atoms with E-state index >= 15 is 0 Å². The molecule has 0 aliphatic carbocycles. The molecule has 1 amide bonds. The molecule has 0 bridgehead atoms. The number of aliphatic imine (C=N–C) groups is 1. The van der Waals surface area contributed by atoms with Crippen LogP contribution in [-0.2, 0) is 30.5 Å². The number of benzene rings is 3. The summed E-state index contributed by atoms with van der Waals surface area (Å²) in [6, 6.07) is 18.0. The maximum absolute atomic E-state index is 13.3. The Hall–Kier alpha value is -4.67. The number of fused-ring (bicyclic) bond motifs is 2. The Morgan fingerprint density at radius 3 is 2.49 bits per heavy atom. The first-order valence-corrected chi connectivity index (χ1v) is 13.8. The highest BCUT2D eigenvalue weighted by Crippen LogP contribution is 2.32. The number of anilines is 1. The molecule has 1 unspecified atom stereocenters. The topological polar surface area (TPSA) is 125 Å². The van der Waals surface area contributed by atoms with Crippen LogP contribution in [0.25, 0.3) is 11.0 Å². The Balaban J connectivity index is 1.29. The van der Waals surface area contributed by atoms with Crippen molar-refractivity contribution in [3.05, 3.63) is 104 Å². The van der Waals surface area contributed by atoms with E-state index in [2.05, 4.69) is 4.99 Å². The van der Waals surface area contributed by atoms with E-state index in [0.717, 1.165) is 0 Å². The lowest BCUT2D eigenvalue weighted by molar-refractivity contribution is -0.157. The molecular formula is C31H24Cl2N2O8. The number of amides is 1. The zero-order valence-corrected chi connectivity index (χ0v) is 24.5. The highest BCUT2D eigenvalue weighted by molar-refractivity contribution is 6.37. The largest absolute Gasteiger partial charge is 0.497 e. The standard InChI is InChI=1S/C31H24Cl2N2O8/c1-35-24-10-7-18(32)14-22(24)29(21-5-3-4-6-23(21)33)34-30(31(35)39)43-27(37)12-11-26(36)41-16-17-13-28(38)42-25-15-19(40-2)8-9-20(17)25/h3-10,13-15,30H,11-12,16H2,1-2H3. The number of carbonyl (C=O) groups is 3. The minimum atomic E-state index is -1.54. The zero-order valence-electron chi connectivity index (χ0n) is 23.0. The van der Waals surface area contributed by atoms with Crippen molar-refractivity contribution in [2.24, 2.45) is 4.99 Å². The number of carbonyl (C=O) groups excluding carboxylic acids is 3. The molecule has 1 atom stereocenters. The normalized spacial score (nSPS) is 14.5. The summed E-state index contributed by atoms with van der Waals surface area (Å²) < 4.78 is 21.1. The first-order chi connectivity index (χ1) is 20.6. The fraction of sp³-hybridized carbons (Fsp3) is 0.194. The summed E-state index contributed by atoms with van der Waals surface area (Å²) in [6.07, 6.45) is -2.26. The molecule has 0 spiro atoms. The van der Waals surface area contributed by atoms with Crippen molar-refractivity contribution in [1.29, 1.82) is 0 Å². The van der Waals surface area contributed by atoms with Gasteiger partial charge in [-0.05, 0) is 36.4 Å². The molecule has 12 heteroatoms. The number of nitrogens with zero attached hydrogens (tertiary/aromatic N) is 2. The third kappa shape index (κ3) is 6.55. The van der Waals surface area contributed by atoms with Crippen molar-refractivity contribution in [1.82, 2.24) is 0 Å². The molecule has 3 aromatic carbocycles. The summed E-state index contributed by atoms with van der Waals surface area (Å²) in [4.78, 5) is 56.4. The quantitative estimate of drug-likeness (QED) is 0.191. The summed E-state index contributed by atoms with van der Waals surface area (Å²) in [5.41, 5.74) is 1.94. The van der Waals surface area contributed by atoms with E-state index < -0.39 is 29.7 Å². The molecule has 2 heterocycles. The lowest BCUT2D eigenvalue weighted by Crippen LogP contribution is -2.37. The first kappa shape index (κ1) is 29.8. The summed E-state index contributed by atoms with van der Waals surface area (Å²) in [6.45, 7) is -0.222. The monoisotopic (exact) mass is 622 g/mol. The van der Waals surface area contributed by atoms with Crippen molar-refractivity contribution in [3.8, 4) is 5.75 Å². The van der Waals surface area contributed by atoms with Crippen molar-refractivity contribution in [2.75, 3.05) is 19.1 Å². The maximum atomic E-state index is 13.3. The Labute approximate surface area is 255 Å². The Kier molecular flexibility index (Phi) is 8.79. The lowest BCUT2D eigenvalue weighted by atomic mass is 10.0. The van der Waals surface area contributed by atoms with E-state index in [1.165, 1.54) is 25.1 Å². The van der Waals surface area contributed by atoms with Gasteiger partial charge in [0.2, 0.25) is 0 Å². The highest BCUT2D eigenvalue weighted by Gasteiger charge is 2.33. The Morgan fingerprint density at radius 2 is 1.72 bits per heavy atom. The number of esters is 2. The van der Waals surface area contributed by atoms with E-state index in [0.29, 0.717) is 49.3 Å². The van der Waals surface area contributed by atoms with E-state index in [9.17, 15) is 19.2 Å². The molecule has 4 aromatic rings. The molecule has 0 saturated carbocycles. The van der Waals surface area contributed by atoms with Crippen LogP contribution in [0.1, 0.15) is 29.5 Å². The van der Waals surface area contributed by atoms with Crippen LogP contribution in [0.5, 0.6) is 5.75 Å². The van der Waals surface area contributed by atoms with Gasteiger partial charge in [0.15, 0.2) is 0 Å². The number of likely N-dealkylation sites (N-methyl/N-ethyl adjacent to an activating group) is 1. The average Bonchev–Trinajstić information content (AvgIpc) is 3.08. The number of benzodiazepines with no additional fused rings is 1. The molecule has 10 nitrogen and oxygen atoms in total. The molecule has 0 radical (unpaired) electrons. The van der Waals surface area contributed by atoms with Gasteiger partial charge in [-0.15, -0.1) is 0 Å². The van der Waals surface area contributed by atoms with Crippen LogP contribution in [0.3, 0.4) is 0 Å². The predicted octanol–water partition coefficient (Wildman–Crippen LogP) is 5.32.